The van der Waals surface area contributed by atoms with E-state index >= 15 is 0 Å². The molecule has 4 aliphatic carbocycles. The van der Waals surface area contributed by atoms with Gasteiger partial charge in [-0.25, -0.2) is 0 Å². The molecule has 7 rings (SSSR count). The second kappa shape index (κ2) is 40.2. The van der Waals surface area contributed by atoms with Gasteiger partial charge in [0.1, 0.15) is 12.2 Å². The molecule has 3 aliphatic heterocycles. The number of nitrogens with two attached hydrogens (primary N) is 1. The molecular weight excluding hydrogens is 1310 g/mol. The summed E-state index contributed by atoms with van der Waals surface area (Å²) in [5.41, 5.74) is 5.89. The third-order valence-corrected chi connectivity index (χ3v) is 24.6. The summed E-state index contributed by atoms with van der Waals surface area (Å²) in [5, 5.41) is 152. The third-order valence-electron chi connectivity index (χ3n) is 24.6. The van der Waals surface area contributed by atoms with Gasteiger partial charge in [-0.2, -0.15) is 0 Å². The fraction of sp³-hybridized carbons (Fsp3) is 0.785. The van der Waals surface area contributed by atoms with Crippen molar-refractivity contribution >= 4 is 17.8 Å². The molecule has 4 saturated carbocycles. The molecule has 102 heavy (non-hydrogen) atoms. The third kappa shape index (κ3) is 23.5. The van der Waals surface area contributed by atoms with Gasteiger partial charge >= 0.3 is 5.97 Å². The Balaban J connectivity index is 0.934. The highest BCUT2D eigenvalue weighted by Gasteiger charge is 2.66. The number of hydrogen-bond acceptors (Lipinski definition) is 21. The number of ether oxygens (including phenoxy) is 4. The number of cyclic esters (lactones) is 1. The van der Waals surface area contributed by atoms with E-state index in [1.165, 1.54) is 0 Å². The maximum atomic E-state index is 14.3. The second-order valence-corrected chi connectivity index (χ2v) is 32.0. The van der Waals surface area contributed by atoms with E-state index in [4.69, 9.17) is 24.7 Å². The lowest BCUT2D eigenvalue weighted by Gasteiger charge is -2.63. The molecule has 30 atom stereocenters. The van der Waals surface area contributed by atoms with Crippen LogP contribution in [0.5, 0.6) is 0 Å². The fourth-order valence-electron chi connectivity index (χ4n) is 18.3. The zero-order chi connectivity index (χ0) is 74.6. The second-order valence-electron chi connectivity index (χ2n) is 32.0. The van der Waals surface area contributed by atoms with Crippen LogP contribution in [0.1, 0.15) is 196 Å². The first kappa shape index (κ1) is 85.2. The summed E-state index contributed by atoms with van der Waals surface area (Å²) in [5.74, 6) is -4.34. The first-order valence-corrected chi connectivity index (χ1v) is 38.4. The minimum atomic E-state index is -2.31. The lowest BCUT2D eigenvalue weighted by molar-refractivity contribution is -0.307. The first-order chi connectivity index (χ1) is 48.4. The van der Waals surface area contributed by atoms with Crippen LogP contribution in [0.25, 0.3) is 0 Å². The van der Waals surface area contributed by atoms with Crippen molar-refractivity contribution in [3.8, 4) is 0 Å². The smallest absolute Gasteiger partial charge is 0.308 e. The number of amides is 2. The van der Waals surface area contributed by atoms with Gasteiger partial charge in [0, 0.05) is 57.0 Å². The van der Waals surface area contributed by atoms with Gasteiger partial charge in [0.2, 0.25) is 11.8 Å². The van der Waals surface area contributed by atoms with Crippen LogP contribution >= 0.6 is 0 Å². The Morgan fingerprint density at radius 2 is 1.22 bits per heavy atom. The van der Waals surface area contributed by atoms with Crippen LogP contribution in [0.4, 0.5) is 0 Å². The number of carbonyl (C=O) groups excluding carboxylic acids is 3. The number of allylic oxidation sites excluding steroid dienone is 12. The Kier molecular flexibility index (Phi) is 33.6. The van der Waals surface area contributed by atoms with E-state index in [1.807, 2.05) is 49.5 Å². The van der Waals surface area contributed by atoms with Crippen molar-refractivity contribution in [1.29, 1.82) is 0 Å². The number of unbranched alkanes of at least 4 members (excludes halogenated alkanes) is 5. The molecule has 3 heterocycles. The molecule has 7 aliphatic rings. The van der Waals surface area contributed by atoms with E-state index in [2.05, 4.69) is 31.4 Å². The monoisotopic (exact) mass is 1440 g/mol. The van der Waals surface area contributed by atoms with Crippen LogP contribution in [0, 0.1) is 64.1 Å². The van der Waals surface area contributed by atoms with Crippen LogP contribution in [-0.2, 0) is 33.3 Å². The van der Waals surface area contributed by atoms with E-state index in [9.17, 15) is 80.8 Å². The van der Waals surface area contributed by atoms with Crippen LogP contribution < -0.4 is 16.4 Å². The van der Waals surface area contributed by atoms with Gasteiger partial charge in [-0.1, -0.05) is 145 Å². The van der Waals surface area contributed by atoms with E-state index in [-0.39, 0.29) is 96.5 Å². The Bertz CT molecular complexity index is 2800. The summed E-state index contributed by atoms with van der Waals surface area (Å²) in [6.07, 6.45) is 14.8. The molecule has 580 valence electrons. The molecule has 0 spiro atoms. The Morgan fingerprint density at radius 1 is 0.608 bits per heavy atom. The lowest BCUT2D eigenvalue weighted by Crippen LogP contribution is -2.62. The minimum Gasteiger partial charge on any atom is -0.462 e. The summed E-state index contributed by atoms with van der Waals surface area (Å²) < 4.78 is 24.1. The van der Waals surface area contributed by atoms with Crippen molar-refractivity contribution in [2.45, 2.75) is 312 Å². The van der Waals surface area contributed by atoms with Gasteiger partial charge in [-0.15, -0.1) is 0 Å². The normalized spacial score (nSPS) is 42.9. The number of carbonyl (C=O) groups is 3. The predicted molar refractivity (Wildman–Crippen MR) is 385 cm³/mol. The van der Waals surface area contributed by atoms with E-state index < -0.39 is 159 Å². The van der Waals surface area contributed by atoms with Gasteiger partial charge in [-0.3, -0.25) is 14.4 Å². The van der Waals surface area contributed by atoms with Crippen LogP contribution in [0.3, 0.4) is 0 Å². The fourth-order valence-corrected chi connectivity index (χ4v) is 18.3. The zero-order valence-electron chi connectivity index (χ0n) is 61.6. The Hall–Kier alpha value is -4.09. The lowest BCUT2D eigenvalue weighted by atomic mass is 9.43. The Labute approximate surface area is 605 Å². The van der Waals surface area contributed by atoms with Gasteiger partial charge < -0.3 is 102 Å². The van der Waals surface area contributed by atoms with E-state index in [1.54, 1.807) is 63.3 Å². The molecule has 0 radical (unpaired) electrons. The van der Waals surface area contributed by atoms with Crippen molar-refractivity contribution in [3.63, 3.8) is 0 Å². The molecule has 0 aromatic carbocycles. The summed E-state index contributed by atoms with van der Waals surface area (Å²) in [7, 11) is 0. The number of hydrogen-bond donors (Lipinski definition) is 16. The molecule has 0 aromatic heterocycles. The largest absolute Gasteiger partial charge is 0.462 e. The molecule has 2 amide bonds. The van der Waals surface area contributed by atoms with Crippen molar-refractivity contribution in [2.24, 2.45) is 69.8 Å². The maximum absolute atomic E-state index is 14.3. The molecule has 23 nitrogen and oxygen atoms in total. The molecule has 6 fully saturated rings. The zero-order valence-corrected chi connectivity index (χ0v) is 61.6. The Morgan fingerprint density at radius 3 is 1.87 bits per heavy atom. The number of rotatable bonds is 16. The van der Waals surface area contributed by atoms with Gasteiger partial charge in [-0.05, 0) is 144 Å². The van der Waals surface area contributed by atoms with Crippen LogP contribution in [0.2, 0.25) is 0 Å². The topological polar surface area (TPSA) is 401 Å². The molecule has 17 N–H and O–H groups in total. The van der Waals surface area contributed by atoms with Gasteiger partial charge in [0.05, 0.1) is 104 Å². The van der Waals surface area contributed by atoms with Crippen molar-refractivity contribution in [2.75, 3.05) is 13.1 Å². The summed E-state index contributed by atoms with van der Waals surface area (Å²) in [6, 6.07) is -1.16. The van der Waals surface area contributed by atoms with Crippen LogP contribution in [0.15, 0.2) is 85.1 Å². The maximum Gasteiger partial charge on any atom is 0.308 e. The van der Waals surface area contributed by atoms with Crippen molar-refractivity contribution < 1.29 is 99.7 Å². The van der Waals surface area contributed by atoms with E-state index in [0.717, 1.165) is 77.0 Å². The summed E-state index contributed by atoms with van der Waals surface area (Å²) >= 11 is 0. The molecule has 2 saturated heterocycles. The van der Waals surface area contributed by atoms with Crippen molar-refractivity contribution in [1.82, 2.24) is 10.6 Å². The van der Waals surface area contributed by atoms with Crippen LogP contribution in [-0.4, -0.2) is 213 Å². The molecule has 0 unspecified atom stereocenters. The standard InChI is InChI=1S/C79H129N3O20/c1-47(58-30-31-59-69-60(44-66(91)78(58,59)7)77(6)35-34-54(84)38-52(77)39-63(69)89)28-33-67(92)81-36-24-20-16-17-21-25-37-82-75(97)70-64(90)46-79(98)45-56(86)41-62(88)61(87)32-29-53(83)40-55(85)42-68(93)99-50(4)49(3)72(94)48(2)26-22-18-14-12-10-8-9-11-13-15-19-23-27-57(43-65(70)102-79)101-76-74(96)71(80)73(95)51(5)100-76/h8-15,18-19,22-23,26-27,47-66,69-74,76,83-91,94-96,98H,16-17,20-21,24-25,28-46,80H2,1-7H3,(H,81,92)(H,82,97)/t47-,48+,49+,50+,51-,52+,53-,54-,55-,56+,57+,58-,59+,60+,61-,62-,63-,64+,65+,66+,69+,70-,71+,72-,73-,74+,76+,77+,78-,79-/m1/s1. The number of esters is 1. The average molecular weight is 1440 g/mol. The molecular formula is C79H129N3O20. The quantitative estimate of drug-likeness (QED) is 0.0662. The van der Waals surface area contributed by atoms with Crippen molar-refractivity contribution in [3.05, 3.63) is 85.1 Å². The van der Waals surface area contributed by atoms with Gasteiger partial charge in [0.25, 0.3) is 0 Å². The van der Waals surface area contributed by atoms with Gasteiger partial charge in [0.15, 0.2) is 12.1 Å². The average Bonchev–Trinajstić information content (AvgIpc) is 1.33. The highest BCUT2D eigenvalue weighted by Crippen LogP contribution is 2.68. The highest BCUT2D eigenvalue weighted by molar-refractivity contribution is 5.80. The summed E-state index contributed by atoms with van der Waals surface area (Å²) in [4.78, 5) is 40.4. The number of fused-ring (bicyclic) bond motifs is 7. The molecule has 23 heteroatoms. The number of aliphatic hydroxyl groups excluding tert-OH is 12. The minimum absolute atomic E-state index is 0.0113. The summed E-state index contributed by atoms with van der Waals surface area (Å²) in [6.45, 7) is 14.4. The van der Waals surface area contributed by atoms with E-state index in [0.29, 0.717) is 25.8 Å². The SMILES string of the molecule is C[C@@H]1[C@H](O)[C@@H](C)C=CC=CC=CC=CC=CC=CC=C[C@H](O[C@@H]2O[C@H](C)[C@@H](O)[C@H](N)[C@@H]2O)C[C@@H]2O[C@](O)(C[C@@H](O)C[C@@H](O)[C@H](O)CC[C@@H](O)C[C@@H](O)CC(=O)O[C@H]1C)C[C@H](O)[C@H]2C(=O)NCCCCCCCCNC(=O)CC[C@@H](C)[C@H]1CC[C@H]2[C@@H]3[C@H](O)C[C@@H]4C[C@H](O)CC[C@]4(C)[C@H]3C[C@H](O)[C@]12C. The first-order valence-electron chi connectivity index (χ1n) is 38.4. The highest BCUT2D eigenvalue weighted by atomic mass is 16.7. The predicted octanol–water partition coefficient (Wildman–Crippen LogP) is 5.58. The molecule has 0 aromatic rings. The number of aliphatic hydroxyl groups is 13. The number of nitrogens with one attached hydrogen (secondary N) is 2. The molecule has 2 bridgehead atoms.